The van der Waals surface area contributed by atoms with Crippen molar-refractivity contribution in [1.29, 1.82) is 0 Å². The number of phenolic OH excluding ortho intramolecular Hbond substituents is 1. The van der Waals surface area contributed by atoms with E-state index in [1.165, 1.54) is 5.92 Å². The summed E-state index contributed by atoms with van der Waals surface area (Å²) in [4.78, 5) is 39.3. The molecule has 9 heteroatoms. The van der Waals surface area contributed by atoms with E-state index < -0.39 is 23.9 Å². The quantitative estimate of drug-likeness (QED) is 0.208. The van der Waals surface area contributed by atoms with Crippen LogP contribution in [0.3, 0.4) is 0 Å². The summed E-state index contributed by atoms with van der Waals surface area (Å²) in [6.07, 6.45) is 18.1. The lowest BCUT2D eigenvalue weighted by Gasteiger charge is -2.11. The molecule has 1 saturated carbocycles. The number of carboxylic acids is 4. The molecule has 2 aliphatic carbocycles. The molecule has 40 heavy (non-hydrogen) atoms. The molecule has 2 bridgehead atoms. The van der Waals surface area contributed by atoms with Crippen molar-refractivity contribution >= 4 is 30.0 Å². The Hall–Kier alpha value is -5.54. The highest BCUT2D eigenvalue weighted by Gasteiger charge is 2.39. The van der Waals surface area contributed by atoms with Crippen LogP contribution in [-0.2, 0) is 14.4 Å². The van der Waals surface area contributed by atoms with Crippen molar-refractivity contribution in [3.05, 3.63) is 96.6 Å². The fourth-order valence-corrected chi connectivity index (χ4v) is 3.38. The van der Waals surface area contributed by atoms with E-state index in [2.05, 4.69) is 37.7 Å². The zero-order valence-corrected chi connectivity index (χ0v) is 21.5. The van der Waals surface area contributed by atoms with Crippen molar-refractivity contribution in [2.24, 2.45) is 17.8 Å². The first-order valence-electron chi connectivity index (χ1n) is 11.6. The molecule has 2 aliphatic rings. The summed E-state index contributed by atoms with van der Waals surface area (Å²) in [6, 6.07) is 13.1. The molecule has 0 amide bonds. The number of terminal acetylenes is 2. The second-order valence-electron chi connectivity index (χ2n) is 8.04. The number of fused-ring (bicyclic) bond motifs is 2. The van der Waals surface area contributed by atoms with Gasteiger partial charge in [-0.3, -0.25) is 4.79 Å². The van der Waals surface area contributed by atoms with Gasteiger partial charge < -0.3 is 25.5 Å². The molecular formula is C31H30O9. The topological polar surface area (TPSA) is 169 Å². The fourth-order valence-electron chi connectivity index (χ4n) is 3.38. The number of aliphatic carboxylic acids is 3. The normalized spacial score (nSPS) is 16.5. The van der Waals surface area contributed by atoms with Crippen molar-refractivity contribution in [2.75, 3.05) is 0 Å². The van der Waals surface area contributed by atoms with Crippen molar-refractivity contribution in [1.82, 2.24) is 0 Å². The Morgan fingerprint density at radius 3 is 1.65 bits per heavy atom. The van der Waals surface area contributed by atoms with Crippen LogP contribution < -0.4 is 0 Å². The zero-order chi connectivity index (χ0) is 30.7. The molecule has 0 radical (unpaired) electrons. The van der Waals surface area contributed by atoms with Gasteiger partial charge in [0.05, 0.1) is 11.5 Å². The fraction of sp³-hybridized carbons (Fsp3) is 0.161. The number of rotatable bonds is 4. The molecule has 0 spiro atoms. The molecule has 5 N–H and O–H groups in total. The maximum atomic E-state index is 10.6. The van der Waals surface area contributed by atoms with E-state index in [4.69, 9.17) is 36.8 Å². The van der Waals surface area contributed by atoms with Gasteiger partial charge in [0.2, 0.25) is 0 Å². The smallest absolute Gasteiger partial charge is 0.381 e. The molecule has 9 nitrogen and oxygen atoms in total. The van der Waals surface area contributed by atoms with Crippen LogP contribution >= 0.6 is 0 Å². The molecule has 2 aromatic carbocycles. The Kier molecular flexibility index (Phi) is 16.1. The largest absolute Gasteiger partial charge is 0.508 e. The third kappa shape index (κ3) is 14.3. The summed E-state index contributed by atoms with van der Waals surface area (Å²) in [7, 11) is 0. The highest BCUT2D eigenvalue weighted by molar-refractivity contribution is 5.87. The van der Waals surface area contributed by atoms with Crippen LogP contribution in [0.15, 0.2) is 79.9 Å². The lowest BCUT2D eigenvalue weighted by atomic mass is 9.94. The van der Waals surface area contributed by atoms with Gasteiger partial charge in [0.15, 0.2) is 0 Å². The zero-order valence-electron chi connectivity index (χ0n) is 21.5. The summed E-state index contributed by atoms with van der Waals surface area (Å²) in [5.74, 6) is 1.27. The standard InChI is InChI=1S/C9H8O2.C8H10O2.C8H6O.C3H4O2.C3H2O2/c1-2-7-3-5-8(6-4-7)9(10)11;9-8(10)7-4-5-1-2-6(7)3-5;1-2-7-3-5-8(9)6-4-7;2*1-2-3(4)5/h2-6H,1H2,(H,10,11);1-2,5-7H,3-4H2,(H,9,10);1,3-6,9H;2H,1H2,(H,4,5);1H,(H,4,5). The van der Waals surface area contributed by atoms with Gasteiger partial charge in [-0.05, 0) is 66.6 Å². The second kappa shape index (κ2) is 18.7. The maximum absolute atomic E-state index is 10.6. The van der Waals surface area contributed by atoms with Crippen LogP contribution in [0.2, 0.25) is 0 Å². The van der Waals surface area contributed by atoms with Crippen LogP contribution in [0.25, 0.3) is 6.08 Å². The van der Waals surface area contributed by atoms with Gasteiger partial charge in [0.1, 0.15) is 5.75 Å². The lowest BCUT2D eigenvalue weighted by Crippen LogP contribution is -2.17. The Balaban J connectivity index is 0.000000493. The van der Waals surface area contributed by atoms with Gasteiger partial charge in [-0.1, -0.05) is 49.4 Å². The van der Waals surface area contributed by atoms with Crippen molar-refractivity contribution in [2.45, 2.75) is 12.8 Å². The number of hydrogen-bond donors (Lipinski definition) is 5. The number of aromatic carboxylic acids is 1. The van der Waals surface area contributed by atoms with E-state index in [9.17, 15) is 14.4 Å². The maximum Gasteiger partial charge on any atom is 0.381 e. The van der Waals surface area contributed by atoms with Gasteiger partial charge in [-0.2, -0.15) is 0 Å². The molecule has 2 aromatic rings. The summed E-state index contributed by atoms with van der Waals surface area (Å²) >= 11 is 0. The minimum absolute atomic E-state index is 0.0741. The van der Waals surface area contributed by atoms with Crippen LogP contribution in [-0.4, -0.2) is 49.4 Å². The molecule has 0 saturated heterocycles. The predicted molar refractivity (Wildman–Crippen MR) is 150 cm³/mol. The monoisotopic (exact) mass is 546 g/mol. The minimum atomic E-state index is -1.22. The molecule has 4 rings (SSSR count). The Bertz CT molecular complexity index is 1270. The number of carbonyl (C=O) groups is 4. The highest BCUT2D eigenvalue weighted by Crippen LogP contribution is 2.43. The van der Waals surface area contributed by atoms with E-state index in [1.54, 1.807) is 54.6 Å². The molecule has 3 atom stereocenters. The van der Waals surface area contributed by atoms with E-state index in [1.807, 2.05) is 0 Å². The van der Waals surface area contributed by atoms with Crippen LogP contribution in [0.5, 0.6) is 5.75 Å². The van der Waals surface area contributed by atoms with Crippen molar-refractivity contribution < 1.29 is 44.7 Å². The SMILES string of the molecule is C#CC(=O)O.C#Cc1ccc(O)cc1.C=CC(=O)O.C=Cc1ccc(C(=O)O)cc1.O=C(O)C1CC2C=CC1C2. The number of benzene rings is 2. The van der Waals surface area contributed by atoms with Gasteiger partial charge in [0, 0.05) is 17.6 Å². The lowest BCUT2D eigenvalue weighted by molar-refractivity contribution is -0.142. The Labute approximate surface area is 232 Å². The van der Waals surface area contributed by atoms with Gasteiger partial charge in [-0.25, -0.2) is 14.4 Å². The molecular weight excluding hydrogens is 516 g/mol. The highest BCUT2D eigenvalue weighted by atomic mass is 16.4. The summed E-state index contributed by atoms with van der Waals surface area (Å²) in [6.45, 7) is 6.52. The van der Waals surface area contributed by atoms with Gasteiger partial charge >= 0.3 is 23.9 Å². The summed E-state index contributed by atoms with van der Waals surface area (Å²) < 4.78 is 0. The summed E-state index contributed by atoms with van der Waals surface area (Å²) in [5.41, 5.74) is 2.01. The number of carboxylic acid groups (broad SMARTS) is 4. The van der Waals surface area contributed by atoms with Crippen molar-refractivity contribution in [3.8, 4) is 30.4 Å². The van der Waals surface area contributed by atoms with Gasteiger partial charge in [-0.15, -0.1) is 12.8 Å². The molecule has 0 aliphatic heterocycles. The number of aromatic hydroxyl groups is 1. The second-order valence-corrected chi connectivity index (χ2v) is 8.04. The average Bonchev–Trinajstić information content (AvgIpc) is 3.59. The first-order valence-corrected chi connectivity index (χ1v) is 11.6. The Morgan fingerprint density at radius 2 is 1.38 bits per heavy atom. The minimum Gasteiger partial charge on any atom is -0.508 e. The third-order valence-electron chi connectivity index (χ3n) is 5.32. The Morgan fingerprint density at radius 1 is 0.850 bits per heavy atom. The molecule has 0 heterocycles. The first kappa shape index (κ1) is 34.5. The van der Waals surface area contributed by atoms with Crippen LogP contribution in [0.1, 0.15) is 34.3 Å². The molecule has 3 unspecified atom stereocenters. The van der Waals surface area contributed by atoms with E-state index in [0.717, 1.165) is 30.0 Å². The van der Waals surface area contributed by atoms with E-state index >= 15 is 0 Å². The summed E-state index contributed by atoms with van der Waals surface area (Å²) in [5, 5.41) is 41.1. The van der Waals surface area contributed by atoms with E-state index in [0.29, 0.717) is 17.4 Å². The van der Waals surface area contributed by atoms with Crippen LogP contribution in [0, 0.1) is 42.4 Å². The predicted octanol–water partition coefficient (Wildman–Crippen LogP) is 4.65. The molecule has 208 valence electrons. The molecule has 0 aromatic heterocycles. The number of phenols is 1. The van der Waals surface area contributed by atoms with Crippen molar-refractivity contribution in [3.63, 3.8) is 0 Å². The average molecular weight is 547 g/mol. The van der Waals surface area contributed by atoms with Gasteiger partial charge in [0.25, 0.3) is 0 Å². The number of allylic oxidation sites excluding steroid dienone is 2. The first-order chi connectivity index (χ1) is 18.9. The molecule has 1 fully saturated rings. The number of hydrogen-bond acceptors (Lipinski definition) is 5. The third-order valence-corrected chi connectivity index (χ3v) is 5.32. The van der Waals surface area contributed by atoms with Crippen LogP contribution in [0.4, 0.5) is 0 Å². The van der Waals surface area contributed by atoms with E-state index in [-0.39, 0.29) is 11.7 Å².